The predicted octanol–water partition coefficient (Wildman–Crippen LogP) is 3.44. The number of halogens is 1. The lowest BCUT2D eigenvalue weighted by Crippen LogP contribution is -2.45. The van der Waals surface area contributed by atoms with Crippen LogP contribution in [0.15, 0.2) is 24.3 Å². The fraction of sp³-hybridized carbons (Fsp3) is 0.611. The highest BCUT2D eigenvalue weighted by molar-refractivity contribution is 5.85. The van der Waals surface area contributed by atoms with Crippen LogP contribution in [0.4, 0.5) is 0 Å². The maximum atomic E-state index is 12.5. The molecule has 3 nitrogen and oxygen atoms in total. The molecular formula is C18H27ClN2O. The highest BCUT2D eigenvalue weighted by Crippen LogP contribution is 2.39. The number of nitrogens with one attached hydrogen (secondary N) is 2. The molecule has 1 saturated heterocycles. The molecule has 0 aromatic heterocycles. The van der Waals surface area contributed by atoms with Gasteiger partial charge in [-0.25, -0.2) is 0 Å². The van der Waals surface area contributed by atoms with Crippen LogP contribution in [0.25, 0.3) is 0 Å². The van der Waals surface area contributed by atoms with E-state index in [1.165, 1.54) is 30.4 Å². The van der Waals surface area contributed by atoms with E-state index in [4.69, 9.17) is 0 Å². The van der Waals surface area contributed by atoms with Gasteiger partial charge in [-0.3, -0.25) is 4.79 Å². The van der Waals surface area contributed by atoms with Gasteiger partial charge in [0.1, 0.15) is 0 Å². The smallest absolute Gasteiger partial charge is 0.222 e. The van der Waals surface area contributed by atoms with Crippen LogP contribution in [0.1, 0.15) is 56.1 Å². The molecule has 0 bridgehead atoms. The van der Waals surface area contributed by atoms with Crippen LogP contribution >= 0.6 is 12.4 Å². The van der Waals surface area contributed by atoms with Crippen LogP contribution in [0.3, 0.4) is 0 Å². The Morgan fingerprint density at radius 1 is 1.32 bits per heavy atom. The van der Waals surface area contributed by atoms with E-state index in [0.717, 1.165) is 25.8 Å². The lowest BCUT2D eigenvalue weighted by Gasteiger charge is -2.32. The normalized spacial score (nSPS) is 23.0. The topological polar surface area (TPSA) is 41.1 Å². The van der Waals surface area contributed by atoms with E-state index >= 15 is 0 Å². The zero-order valence-corrected chi connectivity index (χ0v) is 14.2. The average molecular weight is 323 g/mol. The maximum Gasteiger partial charge on any atom is 0.222 e. The Kier molecular flexibility index (Phi) is 5.87. The van der Waals surface area contributed by atoms with Gasteiger partial charge in [0, 0.05) is 12.5 Å². The van der Waals surface area contributed by atoms with Crippen LogP contribution in [-0.2, 0) is 10.3 Å². The molecule has 1 saturated carbocycles. The van der Waals surface area contributed by atoms with E-state index in [1.54, 1.807) is 0 Å². The Bertz CT molecular complexity index is 506. The summed E-state index contributed by atoms with van der Waals surface area (Å²) >= 11 is 0. The largest absolute Gasteiger partial charge is 0.347 e. The molecule has 0 spiro atoms. The van der Waals surface area contributed by atoms with Crippen LogP contribution in [0, 0.1) is 6.92 Å². The molecule has 1 aliphatic carbocycles. The van der Waals surface area contributed by atoms with Gasteiger partial charge in [-0.15, -0.1) is 12.4 Å². The third-order valence-corrected chi connectivity index (χ3v) is 5.00. The van der Waals surface area contributed by atoms with E-state index in [1.807, 2.05) is 0 Å². The number of benzene rings is 1. The van der Waals surface area contributed by atoms with Crippen molar-refractivity contribution in [2.24, 2.45) is 0 Å². The summed E-state index contributed by atoms with van der Waals surface area (Å²) in [5.74, 6) is 0.206. The molecule has 1 amide bonds. The van der Waals surface area contributed by atoms with Crippen LogP contribution in [-0.4, -0.2) is 18.5 Å². The molecule has 1 heterocycles. The molecule has 2 aliphatic rings. The van der Waals surface area contributed by atoms with E-state index in [-0.39, 0.29) is 23.9 Å². The fourth-order valence-corrected chi connectivity index (χ4v) is 3.88. The number of carbonyl (C=O) groups excluding carboxylic acids is 1. The molecular weight excluding hydrogens is 296 g/mol. The highest BCUT2D eigenvalue weighted by atomic mass is 35.5. The van der Waals surface area contributed by atoms with Gasteiger partial charge in [-0.2, -0.15) is 0 Å². The fourth-order valence-electron chi connectivity index (χ4n) is 3.88. The summed E-state index contributed by atoms with van der Waals surface area (Å²) in [6.45, 7) is 3.18. The first-order valence-electron chi connectivity index (χ1n) is 8.29. The van der Waals surface area contributed by atoms with Crippen molar-refractivity contribution in [3.05, 3.63) is 35.4 Å². The Morgan fingerprint density at radius 3 is 2.73 bits per heavy atom. The highest BCUT2D eigenvalue weighted by Gasteiger charge is 2.37. The van der Waals surface area contributed by atoms with E-state index in [9.17, 15) is 4.79 Å². The van der Waals surface area contributed by atoms with Gasteiger partial charge in [-0.1, -0.05) is 42.7 Å². The molecule has 1 atom stereocenters. The first-order valence-corrected chi connectivity index (χ1v) is 8.29. The standard InChI is InChI=1S/C18H26N2O.ClH/c1-14-6-4-7-15(12-14)18(9-2-3-10-18)20-17(21)13-16-8-5-11-19-16;/h4,6-7,12,16,19H,2-3,5,8-11,13H2,1H3,(H,20,21);1H. The Labute approximate surface area is 139 Å². The Morgan fingerprint density at radius 2 is 2.09 bits per heavy atom. The number of carbonyl (C=O) groups is 1. The minimum absolute atomic E-state index is 0. The zero-order valence-electron chi connectivity index (χ0n) is 13.4. The molecule has 1 aliphatic heterocycles. The predicted molar refractivity (Wildman–Crippen MR) is 92.4 cm³/mol. The molecule has 2 N–H and O–H groups in total. The van der Waals surface area contributed by atoms with E-state index in [0.29, 0.717) is 12.5 Å². The third kappa shape index (κ3) is 3.82. The van der Waals surface area contributed by atoms with Crippen molar-refractivity contribution in [3.8, 4) is 0 Å². The number of hydrogen-bond donors (Lipinski definition) is 2. The van der Waals surface area contributed by atoms with Crippen molar-refractivity contribution in [1.82, 2.24) is 10.6 Å². The van der Waals surface area contributed by atoms with Crippen LogP contribution in [0.5, 0.6) is 0 Å². The van der Waals surface area contributed by atoms with Crippen molar-refractivity contribution < 1.29 is 4.79 Å². The summed E-state index contributed by atoms with van der Waals surface area (Å²) in [6, 6.07) is 9.01. The average Bonchev–Trinajstić information content (AvgIpc) is 3.11. The first kappa shape index (κ1) is 17.3. The second-order valence-corrected chi connectivity index (χ2v) is 6.70. The second-order valence-electron chi connectivity index (χ2n) is 6.70. The molecule has 3 rings (SSSR count). The summed E-state index contributed by atoms with van der Waals surface area (Å²) in [6.07, 6.45) is 7.49. The summed E-state index contributed by atoms with van der Waals surface area (Å²) in [5.41, 5.74) is 2.43. The summed E-state index contributed by atoms with van der Waals surface area (Å²) in [5, 5.41) is 6.80. The van der Waals surface area contributed by atoms with Crippen molar-refractivity contribution >= 4 is 18.3 Å². The van der Waals surface area contributed by atoms with Gasteiger partial charge >= 0.3 is 0 Å². The Hall–Kier alpha value is -1.06. The first-order chi connectivity index (χ1) is 10.2. The quantitative estimate of drug-likeness (QED) is 0.891. The van der Waals surface area contributed by atoms with Crippen molar-refractivity contribution in [2.75, 3.05) is 6.54 Å². The number of aryl methyl sites for hydroxylation is 1. The zero-order chi connectivity index (χ0) is 14.7. The molecule has 1 aromatic carbocycles. The van der Waals surface area contributed by atoms with E-state index < -0.39 is 0 Å². The lowest BCUT2D eigenvalue weighted by atomic mass is 9.87. The van der Waals surface area contributed by atoms with Gasteiger partial charge in [-0.05, 0) is 44.7 Å². The lowest BCUT2D eigenvalue weighted by molar-refractivity contribution is -0.123. The number of hydrogen-bond acceptors (Lipinski definition) is 2. The van der Waals surface area contributed by atoms with Crippen molar-refractivity contribution in [1.29, 1.82) is 0 Å². The minimum Gasteiger partial charge on any atom is -0.347 e. The van der Waals surface area contributed by atoms with Crippen LogP contribution in [0.2, 0.25) is 0 Å². The van der Waals surface area contributed by atoms with Gasteiger partial charge in [0.25, 0.3) is 0 Å². The minimum atomic E-state index is -0.123. The monoisotopic (exact) mass is 322 g/mol. The number of rotatable bonds is 4. The molecule has 4 heteroatoms. The number of amides is 1. The molecule has 0 radical (unpaired) electrons. The molecule has 2 fully saturated rings. The summed E-state index contributed by atoms with van der Waals surface area (Å²) in [7, 11) is 0. The maximum absolute atomic E-state index is 12.5. The van der Waals surface area contributed by atoms with Crippen molar-refractivity contribution in [2.45, 2.75) is 63.5 Å². The molecule has 1 aromatic rings. The third-order valence-electron chi connectivity index (χ3n) is 5.00. The summed E-state index contributed by atoms with van der Waals surface area (Å²) < 4.78 is 0. The van der Waals surface area contributed by atoms with Gasteiger partial charge in [0.2, 0.25) is 5.91 Å². The Balaban J connectivity index is 0.00000176. The molecule has 122 valence electrons. The van der Waals surface area contributed by atoms with Crippen molar-refractivity contribution in [3.63, 3.8) is 0 Å². The van der Waals surface area contributed by atoms with Gasteiger partial charge in [0.15, 0.2) is 0 Å². The SMILES string of the molecule is Cc1cccc(C2(NC(=O)CC3CCCN3)CCCC2)c1.Cl. The van der Waals surface area contributed by atoms with Gasteiger partial charge in [0.05, 0.1) is 5.54 Å². The second kappa shape index (κ2) is 7.47. The molecule has 22 heavy (non-hydrogen) atoms. The van der Waals surface area contributed by atoms with E-state index in [2.05, 4.69) is 41.8 Å². The molecule has 1 unspecified atom stereocenters. The van der Waals surface area contributed by atoms with Crippen LogP contribution < -0.4 is 10.6 Å². The van der Waals surface area contributed by atoms with Gasteiger partial charge < -0.3 is 10.6 Å². The summed E-state index contributed by atoms with van der Waals surface area (Å²) in [4.78, 5) is 12.5.